The Morgan fingerprint density at radius 1 is 0.935 bits per heavy atom. The Kier molecular flexibility index (Phi) is 7.17. The predicted octanol–water partition coefficient (Wildman–Crippen LogP) is 7.97. The van der Waals surface area contributed by atoms with Crippen molar-refractivity contribution in [1.29, 1.82) is 0 Å². The summed E-state index contributed by atoms with van der Waals surface area (Å²) in [6.07, 6.45) is 0. The van der Waals surface area contributed by atoms with Crippen molar-refractivity contribution in [2.24, 2.45) is 0 Å². The second kappa shape index (κ2) is 9.49. The van der Waals surface area contributed by atoms with Crippen LogP contribution >= 0.6 is 46.1 Å². The van der Waals surface area contributed by atoms with Gasteiger partial charge in [0.2, 0.25) is 0 Å². The van der Waals surface area contributed by atoms with E-state index in [9.17, 15) is 9.59 Å². The average molecular weight is 498 g/mol. The highest BCUT2D eigenvalue weighted by atomic mass is 35.5. The smallest absolute Gasteiger partial charge is 0.341 e. The Balaban J connectivity index is 1.91. The fourth-order valence-corrected chi connectivity index (χ4v) is 4.58. The monoisotopic (exact) mass is 496 g/mol. The molecule has 0 saturated heterocycles. The van der Waals surface area contributed by atoms with Crippen molar-refractivity contribution >= 4 is 68.8 Å². The lowest BCUT2D eigenvalue weighted by atomic mass is 10.1. The summed E-state index contributed by atoms with van der Waals surface area (Å²) in [6, 6.07) is 13.6. The van der Waals surface area contributed by atoms with Crippen molar-refractivity contribution < 1.29 is 14.3 Å². The second-order valence-electron chi connectivity index (χ2n) is 7.54. The van der Waals surface area contributed by atoms with Gasteiger partial charge in [0.25, 0.3) is 0 Å². The van der Waals surface area contributed by atoms with Crippen LogP contribution in [0.15, 0.2) is 48.5 Å². The van der Waals surface area contributed by atoms with Gasteiger partial charge in [0.15, 0.2) is 0 Å². The molecule has 31 heavy (non-hydrogen) atoms. The molecule has 2 N–H and O–H groups in total. The minimum atomic E-state index is -0.685. The van der Waals surface area contributed by atoms with E-state index < -0.39 is 17.6 Å². The molecular weight excluding hydrogens is 479 g/mol. The molecule has 0 aliphatic heterocycles. The number of hydrogen-bond acceptors (Lipinski definition) is 4. The molecule has 162 valence electrons. The molecule has 0 unspecified atom stereocenters. The quantitative estimate of drug-likeness (QED) is 0.359. The Morgan fingerprint density at radius 3 is 2.13 bits per heavy atom. The molecule has 0 aliphatic carbocycles. The van der Waals surface area contributed by atoms with Crippen molar-refractivity contribution in [3.8, 4) is 10.4 Å². The van der Waals surface area contributed by atoms with E-state index in [-0.39, 0.29) is 21.3 Å². The van der Waals surface area contributed by atoms with Crippen LogP contribution in [-0.2, 0) is 4.74 Å². The third-order valence-corrected chi connectivity index (χ3v) is 5.80. The number of carbonyl (C=O) groups excluding carboxylic acids is 2. The van der Waals surface area contributed by atoms with Crippen LogP contribution < -0.4 is 10.6 Å². The van der Waals surface area contributed by atoms with Crippen LogP contribution in [0, 0.1) is 0 Å². The fourth-order valence-electron chi connectivity index (χ4n) is 2.62. The molecule has 0 aliphatic rings. The molecule has 0 bridgehead atoms. The van der Waals surface area contributed by atoms with Crippen molar-refractivity contribution in [3.63, 3.8) is 0 Å². The number of anilines is 2. The van der Waals surface area contributed by atoms with Gasteiger partial charge < -0.3 is 10.1 Å². The highest BCUT2D eigenvalue weighted by molar-refractivity contribution is 7.20. The van der Waals surface area contributed by atoms with E-state index in [1.807, 2.05) is 30.3 Å². The number of rotatable bonds is 4. The topological polar surface area (TPSA) is 67.4 Å². The normalized spacial score (nSPS) is 11.2. The molecule has 0 atom stereocenters. The van der Waals surface area contributed by atoms with Gasteiger partial charge in [-0.25, -0.2) is 9.59 Å². The minimum absolute atomic E-state index is 0.191. The van der Waals surface area contributed by atoms with Crippen LogP contribution in [0.4, 0.5) is 15.5 Å². The van der Waals surface area contributed by atoms with Gasteiger partial charge >= 0.3 is 12.0 Å². The number of halogens is 3. The molecule has 3 rings (SSSR count). The van der Waals surface area contributed by atoms with Gasteiger partial charge in [0.1, 0.15) is 10.6 Å². The zero-order valence-electron chi connectivity index (χ0n) is 16.9. The number of thiophene rings is 1. The van der Waals surface area contributed by atoms with E-state index in [2.05, 4.69) is 10.6 Å². The zero-order chi connectivity index (χ0) is 22.8. The van der Waals surface area contributed by atoms with Gasteiger partial charge in [-0.15, -0.1) is 11.3 Å². The summed E-state index contributed by atoms with van der Waals surface area (Å²) in [4.78, 5) is 26.2. The average Bonchev–Trinajstić information content (AvgIpc) is 3.08. The Morgan fingerprint density at radius 2 is 1.55 bits per heavy atom. The van der Waals surface area contributed by atoms with Crippen molar-refractivity contribution in [2.45, 2.75) is 26.4 Å². The number of nitrogens with one attached hydrogen (secondary N) is 2. The molecule has 0 saturated carbocycles. The first kappa shape index (κ1) is 23.4. The molecule has 2 aromatic carbocycles. The van der Waals surface area contributed by atoms with Crippen molar-refractivity contribution in [3.05, 3.63) is 69.2 Å². The van der Waals surface area contributed by atoms with E-state index in [4.69, 9.17) is 39.5 Å². The SMILES string of the molecule is CC(C)(C)OC(=O)c1cc(-c2ccccc2)sc1NC(=O)Nc1c(Cl)cc(Cl)cc1Cl. The maximum Gasteiger partial charge on any atom is 0.341 e. The lowest BCUT2D eigenvalue weighted by Gasteiger charge is -2.19. The molecular formula is C22H19Cl3N2O3S. The van der Waals surface area contributed by atoms with Gasteiger partial charge in [-0.2, -0.15) is 0 Å². The van der Waals surface area contributed by atoms with E-state index in [0.29, 0.717) is 10.0 Å². The summed E-state index contributed by atoms with van der Waals surface area (Å²) in [6.45, 7) is 5.33. The number of urea groups is 1. The largest absolute Gasteiger partial charge is 0.456 e. The van der Waals surface area contributed by atoms with Crippen LogP contribution in [-0.4, -0.2) is 17.6 Å². The first-order valence-corrected chi connectivity index (χ1v) is 11.1. The lowest BCUT2D eigenvalue weighted by molar-refractivity contribution is 0.00713. The Labute approximate surface area is 199 Å². The van der Waals surface area contributed by atoms with Gasteiger partial charge in [0.05, 0.1) is 21.3 Å². The number of carbonyl (C=O) groups is 2. The van der Waals surface area contributed by atoms with Gasteiger partial charge in [0, 0.05) is 9.90 Å². The summed E-state index contributed by atoms with van der Waals surface area (Å²) >= 11 is 19.4. The lowest BCUT2D eigenvalue weighted by Crippen LogP contribution is -2.25. The third-order valence-electron chi connectivity index (χ3n) is 3.88. The first-order valence-electron chi connectivity index (χ1n) is 9.18. The van der Waals surface area contributed by atoms with Gasteiger partial charge in [-0.05, 0) is 44.5 Å². The summed E-state index contributed by atoms with van der Waals surface area (Å²) in [5, 5.41) is 6.37. The molecule has 2 amide bonds. The number of amides is 2. The number of hydrogen-bond donors (Lipinski definition) is 2. The Bertz CT molecular complexity index is 1100. The summed E-state index contributed by atoms with van der Waals surface area (Å²) in [7, 11) is 0. The van der Waals surface area contributed by atoms with E-state index >= 15 is 0 Å². The number of ether oxygens (including phenoxy) is 1. The van der Waals surface area contributed by atoms with Crippen LogP contribution in [0.25, 0.3) is 10.4 Å². The van der Waals surface area contributed by atoms with Crippen LogP contribution in [0.2, 0.25) is 15.1 Å². The molecule has 1 aromatic heterocycles. The number of esters is 1. The third kappa shape index (κ3) is 6.14. The molecule has 0 spiro atoms. The molecule has 5 nitrogen and oxygen atoms in total. The summed E-state index contributed by atoms with van der Waals surface area (Å²) in [5.41, 5.74) is 0.691. The zero-order valence-corrected chi connectivity index (χ0v) is 20.0. The van der Waals surface area contributed by atoms with Crippen molar-refractivity contribution in [2.75, 3.05) is 10.6 Å². The Hall–Kier alpha value is -2.25. The maximum absolute atomic E-state index is 12.8. The standard InChI is InChI=1S/C22H19Cl3N2O3S/c1-22(2,3)30-20(28)14-11-17(12-7-5-4-6-8-12)31-19(14)27-21(29)26-18-15(24)9-13(23)10-16(18)25/h4-11H,1-3H3,(H2,26,27,29). The van der Waals surface area contributed by atoms with Crippen molar-refractivity contribution in [1.82, 2.24) is 0 Å². The van der Waals surface area contributed by atoms with Gasteiger partial charge in [-0.3, -0.25) is 5.32 Å². The maximum atomic E-state index is 12.8. The second-order valence-corrected chi connectivity index (χ2v) is 9.85. The van der Waals surface area contributed by atoms with Crippen LogP contribution in [0.5, 0.6) is 0 Å². The van der Waals surface area contributed by atoms with E-state index in [1.54, 1.807) is 26.8 Å². The molecule has 1 heterocycles. The molecule has 0 radical (unpaired) electrons. The molecule has 0 fully saturated rings. The number of benzene rings is 2. The van der Waals surface area contributed by atoms with Crippen LogP contribution in [0.1, 0.15) is 31.1 Å². The molecule has 3 aromatic rings. The fraction of sp³-hybridized carbons (Fsp3) is 0.182. The van der Waals surface area contributed by atoms with E-state index in [0.717, 1.165) is 10.4 Å². The van der Waals surface area contributed by atoms with Crippen LogP contribution in [0.3, 0.4) is 0 Å². The highest BCUT2D eigenvalue weighted by Gasteiger charge is 2.24. The molecule has 9 heteroatoms. The first-order chi connectivity index (χ1) is 14.5. The minimum Gasteiger partial charge on any atom is -0.456 e. The highest BCUT2D eigenvalue weighted by Crippen LogP contribution is 2.37. The summed E-state index contributed by atoms with van der Waals surface area (Å²) < 4.78 is 5.50. The van der Waals surface area contributed by atoms with E-state index in [1.165, 1.54) is 23.5 Å². The van der Waals surface area contributed by atoms with Gasteiger partial charge in [-0.1, -0.05) is 65.1 Å². The predicted molar refractivity (Wildman–Crippen MR) is 129 cm³/mol. The summed E-state index contributed by atoms with van der Waals surface area (Å²) in [5.74, 6) is -0.538.